The van der Waals surface area contributed by atoms with Crippen LogP contribution in [0.4, 0.5) is 23.8 Å². The van der Waals surface area contributed by atoms with E-state index in [2.05, 4.69) is 35.0 Å². The molecule has 1 unspecified atom stereocenters. The van der Waals surface area contributed by atoms with Gasteiger partial charge in [-0.3, -0.25) is 5.32 Å². The smallest absolute Gasteiger partial charge is 0.363 e. The largest absolute Gasteiger partial charge is 0.455 e. The number of carbonyl (C=O) groups is 1. The van der Waals surface area contributed by atoms with E-state index >= 15 is 0 Å². The van der Waals surface area contributed by atoms with Gasteiger partial charge < -0.3 is 14.4 Å². The summed E-state index contributed by atoms with van der Waals surface area (Å²) < 4.78 is 45.7. The molecule has 2 rings (SSSR count). The number of carbonyl (C=O) groups excluding carboxylic acids is 1. The summed E-state index contributed by atoms with van der Waals surface area (Å²) in [6.07, 6.45) is -3.46. The summed E-state index contributed by atoms with van der Waals surface area (Å²) in [5, 5.41) is 10.8. The lowest BCUT2D eigenvalue weighted by Gasteiger charge is -2.09. The van der Waals surface area contributed by atoms with Crippen LogP contribution >= 0.6 is 0 Å². The van der Waals surface area contributed by atoms with Crippen molar-refractivity contribution in [2.24, 2.45) is 0 Å². The minimum absolute atomic E-state index is 0.149. The molecule has 0 saturated heterocycles. The molecule has 2 aromatic heterocycles. The molecule has 0 aromatic carbocycles. The summed E-state index contributed by atoms with van der Waals surface area (Å²) in [5.74, 6) is -1.62. The van der Waals surface area contributed by atoms with E-state index in [1.807, 2.05) is 0 Å². The van der Waals surface area contributed by atoms with Crippen LogP contribution in [0, 0.1) is 0 Å². The Labute approximate surface area is 109 Å². The number of hydrogen-bond acceptors (Lipinski definition) is 6. The van der Waals surface area contributed by atoms with E-state index in [1.54, 1.807) is 0 Å². The second kappa shape index (κ2) is 5.19. The highest BCUT2D eigenvalue weighted by molar-refractivity contribution is 5.88. The molecule has 108 valence electrons. The van der Waals surface area contributed by atoms with Crippen LogP contribution < -0.4 is 10.6 Å². The zero-order valence-corrected chi connectivity index (χ0v) is 9.93. The van der Waals surface area contributed by atoms with Crippen LogP contribution in [0.25, 0.3) is 0 Å². The number of urea groups is 1. The molecule has 2 amide bonds. The van der Waals surface area contributed by atoms with Gasteiger partial charge in [-0.05, 0) is 6.92 Å². The molecule has 0 spiro atoms. The Morgan fingerprint density at radius 3 is 2.70 bits per heavy atom. The molecule has 2 aromatic rings. The third-order valence-corrected chi connectivity index (χ3v) is 2.09. The van der Waals surface area contributed by atoms with Crippen molar-refractivity contribution in [3.8, 4) is 0 Å². The number of rotatable bonds is 3. The number of nitrogens with zero attached hydrogens (tertiary/aromatic N) is 3. The third kappa shape index (κ3) is 3.24. The minimum Gasteiger partial charge on any atom is -0.363 e. The predicted octanol–water partition coefficient (Wildman–Crippen LogP) is 1.96. The van der Waals surface area contributed by atoms with Crippen molar-refractivity contribution in [2.45, 2.75) is 19.1 Å². The normalized spacial score (nSPS) is 13.0. The molecule has 0 saturated carbocycles. The zero-order chi connectivity index (χ0) is 14.8. The first-order chi connectivity index (χ1) is 9.36. The summed E-state index contributed by atoms with van der Waals surface area (Å²) in [7, 11) is 0. The van der Waals surface area contributed by atoms with Gasteiger partial charge in [0.1, 0.15) is 12.3 Å². The lowest BCUT2D eigenvalue weighted by Crippen LogP contribution is -2.31. The molecule has 2 heterocycles. The number of amides is 2. The number of nitrogens with one attached hydrogen (secondary N) is 2. The van der Waals surface area contributed by atoms with Crippen molar-refractivity contribution < 1.29 is 27.0 Å². The maximum absolute atomic E-state index is 12.3. The fraction of sp³-hybridized carbons (Fsp3) is 0.333. The van der Waals surface area contributed by atoms with Crippen LogP contribution in [0.2, 0.25) is 0 Å². The standard InChI is InChI=1S/C9H8F3N5O3/c1-4(6-15-7(17-20-6)9(10,11)12)13-8(18)14-5-2-3-19-16-5/h2-4H,1H3,(H2,13,14,16,18). The molecular formula is C9H8F3N5O3. The van der Waals surface area contributed by atoms with E-state index in [4.69, 9.17) is 0 Å². The van der Waals surface area contributed by atoms with Gasteiger partial charge in [0.25, 0.3) is 5.82 Å². The average molecular weight is 291 g/mol. The van der Waals surface area contributed by atoms with E-state index in [-0.39, 0.29) is 11.7 Å². The summed E-state index contributed by atoms with van der Waals surface area (Å²) >= 11 is 0. The third-order valence-electron chi connectivity index (χ3n) is 2.09. The molecule has 1 atom stereocenters. The number of halogens is 3. The highest BCUT2D eigenvalue weighted by Gasteiger charge is 2.37. The number of alkyl halides is 3. The first-order valence-electron chi connectivity index (χ1n) is 5.25. The molecule has 20 heavy (non-hydrogen) atoms. The summed E-state index contributed by atoms with van der Waals surface area (Å²) in [4.78, 5) is 14.6. The molecule has 0 aliphatic heterocycles. The van der Waals surface area contributed by atoms with Crippen molar-refractivity contribution in [2.75, 3.05) is 5.32 Å². The highest BCUT2D eigenvalue weighted by atomic mass is 19.4. The van der Waals surface area contributed by atoms with Crippen molar-refractivity contribution in [1.29, 1.82) is 0 Å². The molecule has 11 heteroatoms. The van der Waals surface area contributed by atoms with Crippen molar-refractivity contribution >= 4 is 11.8 Å². The number of aromatic nitrogens is 3. The number of hydrogen-bond donors (Lipinski definition) is 2. The van der Waals surface area contributed by atoms with Crippen LogP contribution in [0.5, 0.6) is 0 Å². The molecule has 0 radical (unpaired) electrons. The Kier molecular flexibility index (Phi) is 3.59. The van der Waals surface area contributed by atoms with Crippen molar-refractivity contribution in [3.05, 3.63) is 24.0 Å². The quantitative estimate of drug-likeness (QED) is 0.895. The molecule has 0 bridgehead atoms. The summed E-state index contributed by atoms with van der Waals surface area (Å²) in [5.41, 5.74) is 0. The van der Waals surface area contributed by atoms with Crippen LogP contribution in [0.3, 0.4) is 0 Å². The molecule has 0 aliphatic carbocycles. The highest BCUT2D eigenvalue weighted by Crippen LogP contribution is 2.27. The fourth-order valence-electron chi connectivity index (χ4n) is 1.21. The van der Waals surface area contributed by atoms with Crippen molar-refractivity contribution in [1.82, 2.24) is 20.6 Å². The van der Waals surface area contributed by atoms with Crippen LogP contribution in [0.1, 0.15) is 24.7 Å². The molecule has 2 N–H and O–H groups in total. The lowest BCUT2D eigenvalue weighted by molar-refractivity contribution is -0.146. The first kappa shape index (κ1) is 13.8. The molecule has 0 fully saturated rings. The van der Waals surface area contributed by atoms with Crippen LogP contribution in [-0.4, -0.2) is 21.3 Å². The topological polar surface area (TPSA) is 106 Å². The van der Waals surface area contributed by atoms with Crippen LogP contribution in [0.15, 0.2) is 21.4 Å². The van der Waals surface area contributed by atoms with Gasteiger partial charge >= 0.3 is 12.2 Å². The minimum atomic E-state index is -4.70. The van der Waals surface area contributed by atoms with E-state index in [0.29, 0.717) is 0 Å². The lowest BCUT2D eigenvalue weighted by atomic mass is 10.3. The van der Waals surface area contributed by atoms with Gasteiger partial charge in [0.2, 0.25) is 5.89 Å². The van der Waals surface area contributed by atoms with Crippen LogP contribution in [-0.2, 0) is 6.18 Å². The van der Waals surface area contributed by atoms with Crippen molar-refractivity contribution in [3.63, 3.8) is 0 Å². The Morgan fingerprint density at radius 2 is 2.15 bits per heavy atom. The first-order valence-corrected chi connectivity index (χ1v) is 5.25. The monoisotopic (exact) mass is 291 g/mol. The van der Waals surface area contributed by atoms with E-state index in [9.17, 15) is 18.0 Å². The average Bonchev–Trinajstić information content (AvgIpc) is 2.97. The Morgan fingerprint density at radius 1 is 1.40 bits per heavy atom. The maximum Gasteiger partial charge on any atom is 0.455 e. The SMILES string of the molecule is CC(NC(=O)Nc1ccon1)c1nc(C(F)(F)F)no1. The van der Waals surface area contributed by atoms with Gasteiger partial charge in [0.15, 0.2) is 5.82 Å². The van der Waals surface area contributed by atoms with Gasteiger partial charge in [-0.1, -0.05) is 10.3 Å². The van der Waals surface area contributed by atoms with E-state index in [0.717, 1.165) is 0 Å². The Bertz CT molecular complexity index is 580. The second-order valence-corrected chi connectivity index (χ2v) is 3.66. The molecule has 0 aliphatic rings. The fourth-order valence-corrected chi connectivity index (χ4v) is 1.21. The number of anilines is 1. The van der Waals surface area contributed by atoms with E-state index in [1.165, 1.54) is 19.3 Å². The maximum atomic E-state index is 12.3. The van der Waals surface area contributed by atoms with E-state index < -0.39 is 24.1 Å². The van der Waals surface area contributed by atoms with Gasteiger partial charge in [0.05, 0.1) is 0 Å². The zero-order valence-electron chi connectivity index (χ0n) is 9.93. The second-order valence-electron chi connectivity index (χ2n) is 3.66. The Hall–Kier alpha value is -2.59. The van der Waals surface area contributed by atoms with Gasteiger partial charge in [0, 0.05) is 6.07 Å². The van der Waals surface area contributed by atoms with Gasteiger partial charge in [-0.2, -0.15) is 18.2 Å². The molecular weight excluding hydrogens is 283 g/mol. The predicted molar refractivity (Wildman–Crippen MR) is 56.4 cm³/mol. The summed E-state index contributed by atoms with van der Waals surface area (Å²) in [6.45, 7) is 1.38. The van der Waals surface area contributed by atoms with Gasteiger partial charge in [-0.25, -0.2) is 4.79 Å². The van der Waals surface area contributed by atoms with Gasteiger partial charge in [-0.15, -0.1) is 0 Å². The Balaban J connectivity index is 1.96. The summed E-state index contributed by atoms with van der Waals surface area (Å²) in [6, 6.07) is -0.234. The molecule has 8 nitrogen and oxygen atoms in total.